The number of aromatic nitrogens is 1. The molecule has 0 atom stereocenters. The number of thioether (sulfide) groups is 1. The molecule has 21 heavy (non-hydrogen) atoms. The lowest BCUT2D eigenvalue weighted by atomic mass is 9.96. The molecule has 2 rings (SSSR count). The van der Waals surface area contributed by atoms with Crippen molar-refractivity contribution < 1.29 is 4.79 Å². The first-order chi connectivity index (χ1) is 10.1. The zero-order valence-electron chi connectivity index (χ0n) is 12.3. The van der Waals surface area contributed by atoms with Gasteiger partial charge in [0.1, 0.15) is 11.1 Å². The molecule has 1 heterocycles. The van der Waals surface area contributed by atoms with Gasteiger partial charge in [-0.05, 0) is 31.2 Å². The Morgan fingerprint density at radius 2 is 1.95 bits per heavy atom. The molecule has 0 aliphatic heterocycles. The minimum Gasteiger partial charge on any atom is -0.294 e. The van der Waals surface area contributed by atoms with Crippen molar-refractivity contribution in [3.8, 4) is 6.07 Å². The first-order valence-corrected chi connectivity index (χ1v) is 7.83. The van der Waals surface area contributed by atoms with Gasteiger partial charge in [-0.15, -0.1) is 11.8 Å². The highest BCUT2D eigenvalue weighted by Gasteiger charge is 2.17. The van der Waals surface area contributed by atoms with Gasteiger partial charge in [0.15, 0.2) is 5.78 Å². The molecule has 0 spiro atoms. The van der Waals surface area contributed by atoms with Gasteiger partial charge in [0.2, 0.25) is 0 Å². The number of pyridine rings is 1. The summed E-state index contributed by atoms with van der Waals surface area (Å²) in [6.07, 6.45) is 2.18. The van der Waals surface area contributed by atoms with E-state index >= 15 is 0 Å². The van der Waals surface area contributed by atoms with Crippen LogP contribution in [-0.4, -0.2) is 17.0 Å². The van der Waals surface area contributed by atoms with Crippen molar-refractivity contribution in [3.63, 3.8) is 0 Å². The Hall–Kier alpha value is -2.12. The third-order valence-corrected chi connectivity index (χ3v) is 4.17. The third kappa shape index (κ3) is 3.14. The fourth-order valence-electron chi connectivity index (χ4n) is 2.28. The molecule has 106 valence electrons. The van der Waals surface area contributed by atoms with Gasteiger partial charge in [-0.2, -0.15) is 5.26 Å². The maximum Gasteiger partial charge on any atom is 0.167 e. The van der Waals surface area contributed by atoms with Gasteiger partial charge < -0.3 is 0 Å². The van der Waals surface area contributed by atoms with E-state index in [2.05, 4.69) is 11.1 Å². The van der Waals surface area contributed by atoms with E-state index < -0.39 is 0 Å². The number of rotatable bonds is 4. The van der Waals surface area contributed by atoms with Crippen LogP contribution < -0.4 is 0 Å². The zero-order chi connectivity index (χ0) is 15.4. The molecule has 0 radical (unpaired) electrons. The lowest BCUT2D eigenvalue weighted by Crippen LogP contribution is -2.09. The van der Waals surface area contributed by atoms with Crippen LogP contribution in [0.25, 0.3) is 0 Å². The Balaban J connectivity index is 2.42. The fraction of sp³-hybridized carbons (Fsp3) is 0.235. The molecule has 0 aliphatic carbocycles. The normalized spacial score (nSPS) is 10.2. The molecule has 0 bridgehead atoms. The number of carbonyl (C=O) groups is 1. The van der Waals surface area contributed by atoms with Crippen LogP contribution in [0.3, 0.4) is 0 Å². The van der Waals surface area contributed by atoms with Crippen LogP contribution in [0.2, 0.25) is 0 Å². The molecule has 0 aliphatic rings. The number of nitrogens with zero attached hydrogens (tertiary/aromatic N) is 2. The topological polar surface area (TPSA) is 53.8 Å². The predicted molar refractivity (Wildman–Crippen MR) is 84.7 cm³/mol. The number of hydrogen-bond donors (Lipinski definition) is 0. The van der Waals surface area contributed by atoms with Gasteiger partial charge in [-0.25, -0.2) is 4.98 Å². The van der Waals surface area contributed by atoms with Crippen molar-refractivity contribution in [2.24, 2.45) is 0 Å². The summed E-state index contributed by atoms with van der Waals surface area (Å²) in [6, 6.07) is 11.4. The smallest absolute Gasteiger partial charge is 0.167 e. The number of aryl methyl sites for hydroxylation is 1. The van der Waals surface area contributed by atoms with E-state index in [1.807, 2.05) is 50.4 Å². The average molecular weight is 296 g/mol. The lowest BCUT2D eigenvalue weighted by molar-refractivity contribution is 0.0992. The summed E-state index contributed by atoms with van der Waals surface area (Å²) >= 11 is 1.45. The van der Waals surface area contributed by atoms with Gasteiger partial charge in [0, 0.05) is 17.7 Å². The molecule has 1 aromatic heterocycles. The van der Waals surface area contributed by atoms with Crippen molar-refractivity contribution in [1.29, 1.82) is 5.26 Å². The van der Waals surface area contributed by atoms with E-state index in [0.29, 0.717) is 11.1 Å². The maximum absolute atomic E-state index is 12.4. The quantitative estimate of drug-likeness (QED) is 0.637. The van der Waals surface area contributed by atoms with Crippen molar-refractivity contribution in [2.75, 3.05) is 6.26 Å². The van der Waals surface area contributed by atoms with E-state index in [0.717, 1.165) is 21.8 Å². The van der Waals surface area contributed by atoms with Crippen LogP contribution in [0.1, 0.15) is 32.7 Å². The lowest BCUT2D eigenvalue weighted by Gasteiger charge is -2.13. The number of Topliss-reactive ketones (excluding diaryl/α,β-unsaturated/α-hetero) is 1. The standard InChI is InChI=1S/C17H16N2OS/c1-11-14(9-16(20)13-7-5-4-6-8-13)12(2)19-17(21-3)15(11)10-18/h4-8H,9H2,1-3H3. The molecule has 0 amide bonds. The molecular weight excluding hydrogens is 280 g/mol. The van der Waals surface area contributed by atoms with Crippen LogP contribution in [0, 0.1) is 25.2 Å². The molecule has 3 nitrogen and oxygen atoms in total. The van der Waals surface area contributed by atoms with Crippen LogP contribution in [0.4, 0.5) is 0 Å². The van der Waals surface area contributed by atoms with Crippen molar-refractivity contribution in [1.82, 2.24) is 4.98 Å². The second kappa shape index (κ2) is 6.55. The van der Waals surface area contributed by atoms with Crippen molar-refractivity contribution in [2.45, 2.75) is 25.3 Å². The summed E-state index contributed by atoms with van der Waals surface area (Å²) in [5.41, 5.74) is 3.80. The molecule has 0 fully saturated rings. The second-order valence-corrected chi connectivity index (χ2v) is 5.56. The van der Waals surface area contributed by atoms with Gasteiger partial charge in [0.05, 0.1) is 5.56 Å². The highest BCUT2D eigenvalue weighted by molar-refractivity contribution is 7.98. The van der Waals surface area contributed by atoms with Crippen LogP contribution >= 0.6 is 11.8 Å². The summed E-state index contributed by atoms with van der Waals surface area (Å²) in [5, 5.41) is 10.0. The summed E-state index contributed by atoms with van der Waals surface area (Å²) in [5.74, 6) is 0.0457. The minimum atomic E-state index is 0.0457. The Morgan fingerprint density at radius 3 is 2.52 bits per heavy atom. The van der Waals surface area contributed by atoms with Gasteiger partial charge in [-0.3, -0.25) is 4.79 Å². The molecule has 4 heteroatoms. The summed E-state index contributed by atoms with van der Waals surface area (Å²) < 4.78 is 0. The number of carbonyl (C=O) groups excluding carboxylic acids is 1. The van der Waals surface area contributed by atoms with E-state index in [-0.39, 0.29) is 12.2 Å². The van der Waals surface area contributed by atoms with Gasteiger partial charge in [0.25, 0.3) is 0 Å². The third-order valence-electron chi connectivity index (χ3n) is 3.49. The molecule has 0 saturated heterocycles. The Labute approximate surface area is 129 Å². The van der Waals surface area contributed by atoms with E-state index in [4.69, 9.17) is 0 Å². The monoisotopic (exact) mass is 296 g/mol. The Bertz CT molecular complexity index is 718. The first kappa shape index (κ1) is 15.3. The number of ketones is 1. The molecule has 0 saturated carbocycles. The van der Waals surface area contributed by atoms with Crippen molar-refractivity contribution in [3.05, 3.63) is 58.3 Å². The average Bonchev–Trinajstić information content (AvgIpc) is 2.51. The van der Waals surface area contributed by atoms with Crippen molar-refractivity contribution >= 4 is 17.5 Å². The molecular formula is C17H16N2OS. The molecule has 0 unspecified atom stereocenters. The number of hydrogen-bond acceptors (Lipinski definition) is 4. The van der Waals surface area contributed by atoms with Crippen LogP contribution in [0.15, 0.2) is 35.4 Å². The Kier molecular flexibility index (Phi) is 4.77. The molecule has 2 aromatic rings. The SMILES string of the molecule is CSc1nc(C)c(CC(=O)c2ccccc2)c(C)c1C#N. The summed E-state index contributed by atoms with van der Waals surface area (Å²) in [6.45, 7) is 3.78. The highest BCUT2D eigenvalue weighted by atomic mass is 32.2. The maximum atomic E-state index is 12.4. The molecule has 0 N–H and O–H groups in total. The summed E-state index contributed by atoms with van der Waals surface area (Å²) in [4.78, 5) is 16.8. The minimum absolute atomic E-state index is 0.0457. The van der Waals surface area contributed by atoms with Gasteiger partial charge >= 0.3 is 0 Å². The zero-order valence-corrected chi connectivity index (χ0v) is 13.1. The predicted octanol–water partition coefficient (Wildman–Crippen LogP) is 3.72. The van der Waals surface area contributed by atoms with Crippen LogP contribution in [-0.2, 0) is 6.42 Å². The van der Waals surface area contributed by atoms with Crippen LogP contribution in [0.5, 0.6) is 0 Å². The van der Waals surface area contributed by atoms with E-state index in [1.165, 1.54) is 11.8 Å². The van der Waals surface area contributed by atoms with E-state index in [9.17, 15) is 10.1 Å². The number of nitriles is 1. The molecule has 1 aromatic carbocycles. The second-order valence-electron chi connectivity index (χ2n) is 4.76. The highest BCUT2D eigenvalue weighted by Crippen LogP contribution is 2.26. The number of benzene rings is 1. The Morgan fingerprint density at radius 1 is 1.29 bits per heavy atom. The largest absolute Gasteiger partial charge is 0.294 e. The first-order valence-electron chi connectivity index (χ1n) is 6.61. The van der Waals surface area contributed by atoms with Gasteiger partial charge in [-0.1, -0.05) is 30.3 Å². The fourth-order valence-corrected chi connectivity index (χ4v) is 2.92. The van der Waals surface area contributed by atoms with E-state index in [1.54, 1.807) is 0 Å². The summed E-state index contributed by atoms with van der Waals surface area (Å²) in [7, 11) is 0.